The highest BCUT2D eigenvalue weighted by molar-refractivity contribution is 14.0. The highest BCUT2D eigenvalue weighted by Crippen LogP contribution is 2.24. The third-order valence-corrected chi connectivity index (χ3v) is 5.77. The van der Waals surface area contributed by atoms with E-state index in [-0.39, 0.29) is 30.0 Å². The Kier molecular flexibility index (Phi) is 9.92. The Morgan fingerprint density at radius 1 is 1.07 bits per heavy atom. The summed E-state index contributed by atoms with van der Waals surface area (Å²) in [6.45, 7) is 8.81. The molecule has 6 nitrogen and oxygen atoms in total. The van der Waals surface area contributed by atoms with Gasteiger partial charge in [0.2, 0.25) is 0 Å². The van der Waals surface area contributed by atoms with Crippen LogP contribution in [0.25, 0.3) is 0 Å². The number of likely N-dealkylation sites (tertiary alicyclic amines) is 2. The molecule has 2 saturated heterocycles. The Morgan fingerprint density at radius 2 is 1.70 bits per heavy atom. The van der Waals surface area contributed by atoms with Gasteiger partial charge < -0.3 is 15.1 Å². The van der Waals surface area contributed by atoms with Crippen LogP contribution in [0, 0.1) is 0 Å². The Balaban J connectivity index is 0.00000261. The minimum atomic E-state index is 0. The number of hydrogen-bond acceptors (Lipinski definition) is 4. The SMILES string of the molecule is CCC(CNC(=NC)NCC(c1ccco1)N1CCCC1)N1CCCC1.I. The molecule has 27 heavy (non-hydrogen) atoms. The van der Waals surface area contributed by atoms with Crippen LogP contribution in [0.2, 0.25) is 0 Å². The maximum atomic E-state index is 5.71. The lowest BCUT2D eigenvalue weighted by atomic mass is 10.2. The molecule has 0 radical (unpaired) electrons. The average Bonchev–Trinajstić information content (AvgIpc) is 3.44. The Hall–Kier alpha value is -0.800. The summed E-state index contributed by atoms with van der Waals surface area (Å²) in [7, 11) is 1.85. The van der Waals surface area contributed by atoms with Gasteiger partial charge >= 0.3 is 0 Å². The first-order valence-electron chi connectivity index (χ1n) is 10.3. The molecule has 2 atom stereocenters. The van der Waals surface area contributed by atoms with Crippen molar-refractivity contribution in [3.63, 3.8) is 0 Å². The monoisotopic (exact) mass is 489 g/mol. The number of nitrogens with zero attached hydrogens (tertiary/aromatic N) is 3. The van der Waals surface area contributed by atoms with Crippen molar-refractivity contribution < 1.29 is 4.42 Å². The van der Waals surface area contributed by atoms with Crippen LogP contribution in [-0.2, 0) is 0 Å². The first-order chi connectivity index (χ1) is 12.8. The fraction of sp³-hybridized carbons (Fsp3) is 0.750. The number of hydrogen-bond donors (Lipinski definition) is 2. The molecule has 2 aliphatic rings. The van der Waals surface area contributed by atoms with Gasteiger partial charge in [-0.2, -0.15) is 0 Å². The van der Waals surface area contributed by atoms with Crippen LogP contribution in [0.4, 0.5) is 0 Å². The molecule has 2 unspecified atom stereocenters. The zero-order valence-electron chi connectivity index (χ0n) is 16.8. The summed E-state index contributed by atoms with van der Waals surface area (Å²) in [5, 5.41) is 7.06. The molecule has 7 heteroatoms. The summed E-state index contributed by atoms with van der Waals surface area (Å²) in [6.07, 6.45) is 8.17. The van der Waals surface area contributed by atoms with Crippen LogP contribution in [0.3, 0.4) is 0 Å². The fourth-order valence-electron chi connectivity index (χ4n) is 4.21. The van der Waals surface area contributed by atoms with Gasteiger partial charge in [-0.1, -0.05) is 6.92 Å². The number of halogens is 1. The van der Waals surface area contributed by atoms with E-state index in [9.17, 15) is 0 Å². The third-order valence-electron chi connectivity index (χ3n) is 5.77. The second-order valence-corrected chi connectivity index (χ2v) is 7.41. The van der Waals surface area contributed by atoms with Gasteiger partial charge in [-0.3, -0.25) is 14.8 Å². The summed E-state index contributed by atoms with van der Waals surface area (Å²) in [6, 6.07) is 4.93. The van der Waals surface area contributed by atoms with Gasteiger partial charge in [0.1, 0.15) is 5.76 Å². The van der Waals surface area contributed by atoms with E-state index in [0.29, 0.717) is 6.04 Å². The van der Waals surface area contributed by atoms with Crippen molar-refractivity contribution >= 4 is 29.9 Å². The van der Waals surface area contributed by atoms with Crippen LogP contribution in [-0.4, -0.2) is 68.1 Å². The van der Waals surface area contributed by atoms with Crippen molar-refractivity contribution in [2.45, 2.75) is 51.1 Å². The van der Waals surface area contributed by atoms with Crippen LogP contribution in [0.1, 0.15) is 50.8 Å². The summed E-state index contributed by atoms with van der Waals surface area (Å²) in [5.41, 5.74) is 0. The molecule has 0 spiro atoms. The van der Waals surface area contributed by atoms with E-state index in [1.165, 1.54) is 45.2 Å². The number of aliphatic imine (C=N–C) groups is 1. The topological polar surface area (TPSA) is 56.0 Å². The molecule has 0 bridgehead atoms. The largest absolute Gasteiger partial charge is 0.468 e. The van der Waals surface area contributed by atoms with Crippen molar-refractivity contribution in [1.82, 2.24) is 20.4 Å². The Bertz CT molecular complexity index is 539. The van der Waals surface area contributed by atoms with Crippen molar-refractivity contribution in [2.24, 2.45) is 4.99 Å². The average molecular weight is 489 g/mol. The molecule has 3 heterocycles. The molecule has 1 aromatic rings. The van der Waals surface area contributed by atoms with E-state index in [2.05, 4.69) is 38.4 Å². The molecule has 1 aromatic heterocycles. The van der Waals surface area contributed by atoms with Gasteiger partial charge in [0.05, 0.1) is 12.3 Å². The predicted octanol–water partition coefficient (Wildman–Crippen LogP) is 3.07. The van der Waals surface area contributed by atoms with Gasteiger partial charge in [0.15, 0.2) is 5.96 Å². The van der Waals surface area contributed by atoms with E-state index in [1.807, 2.05) is 13.1 Å². The van der Waals surface area contributed by atoms with Crippen molar-refractivity contribution in [3.8, 4) is 0 Å². The van der Waals surface area contributed by atoms with Gasteiger partial charge in [-0.05, 0) is 70.4 Å². The summed E-state index contributed by atoms with van der Waals surface area (Å²) >= 11 is 0. The number of nitrogens with one attached hydrogen (secondary N) is 2. The van der Waals surface area contributed by atoms with Crippen molar-refractivity contribution in [1.29, 1.82) is 0 Å². The first-order valence-corrected chi connectivity index (χ1v) is 10.3. The van der Waals surface area contributed by atoms with Crippen molar-refractivity contribution in [3.05, 3.63) is 24.2 Å². The minimum Gasteiger partial charge on any atom is -0.468 e. The Labute approximate surface area is 181 Å². The molecule has 0 amide bonds. The molecule has 2 fully saturated rings. The predicted molar refractivity (Wildman–Crippen MR) is 122 cm³/mol. The minimum absolute atomic E-state index is 0. The molecule has 0 aromatic carbocycles. The second kappa shape index (κ2) is 11.9. The van der Waals surface area contributed by atoms with Crippen LogP contribution >= 0.6 is 24.0 Å². The van der Waals surface area contributed by atoms with E-state index in [4.69, 9.17) is 4.42 Å². The maximum Gasteiger partial charge on any atom is 0.191 e. The maximum absolute atomic E-state index is 5.71. The molecule has 2 aliphatic heterocycles. The summed E-state index contributed by atoms with van der Waals surface area (Å²) in [5.74, 6) is 1.93. The third kappa shape index (κ3) is 6.35. The van der Waals surface area contributed by atoms with E-state index in [0.717, 1.165) is 37.9 Å². The number of guanidine groups is 1. The zero-order chi connectivity index (χ0) is 18.2. The summed E-state index contributed by atoms with van der Waals surface area (Å²) < 4.78 is 5.71. The summed E-state index contributed by atoms with van der Waals surface area (Å²) in [4.78, 5) is 9.55. The molecular formula is C20H36IN5O. The van der Waals surface area contributed by atoms with Gasteiger partial charge in [-0.25, -0.2) is 0 Å². The lowest BCUT2D eigenvalue weighted by molar-refractivity contribution is 0.214. The molecular weight excluding hydrogens is 453 g/mol. The van der Waals surface area contributed by atoms with Gasteiger partial charge in [0, 0.05) is 26.2 Å². The second-order valence-electron chi connectivity index (χ2n) is 7.41. The number of rotatable bonds is 8. The zero-order valence-corrected chi connectivity index (χ0v) is 19.2. The molecule has 3 rings (SSSR count). The fourth-order valence-corrected chi connectivity index (χ4v) is 4.21. The lowest BCUT2D eigenvalue weighted by Crippen LogP contribution is -2.47. The molecule has 0 aliphatic carbocycles. The van der Waals surface area contributed by atoms with E-state index in [1.54, 1.807) is 6.26 Å². The quantitative estimate of drug-likeness (QED) is 0.334. The van der Waals surface area contributed by atoms with Crippen LogP contribution in [0.15, 0.2) is 27.8 Å². The normalized spacial score (nSPS) is 21.0. The highest BCUT2D eigenvalue weighted by Gasteiger charge is 2.26. The van der Waals surface area contributed by atoms with Crippen molar-refractivity contribution in [2.75, 3.05) is 46.3 Å². The molecule has 2 N–H and O–H groups in total. The van der Waals surface area contributed by atoms with Crippen LogP contribution < -0.4 is 10.6 Å². The number of furan rings is 1. The first kappa shape index (κ1) is 22.5. The highest BCUT2D eigenvalue weighted by atomic mass is 127. The van der Waals surface area contributed by atoms with Gasteiger partial charge in [0.25, 0.3) is 0 Å². The smallest absolute Gasteiger partial charge is 0.191 e. The van der Waals surface area contributed by atoms with E-state index >= 15 is 0 Å². The molecule has 0 saturated carbocycles. The van der Waals surface area contributed by atoms with E-state index < -0.39 is 0 Å². The standard InChI is InChI=1S/C20H35N5O.HI/c1-3-17(24-10-4-5-11-24)15-22-20(21-2)23-16-18(19-9-8-14-26-19)25-12-6-7-13-25;/h8-9,14,17-18H,3-7,10-13,15-16H2,1-2H3,(H2,21,22,23);1H. The molecule has 154 valence electrons. The van der Waals surface area contributed by atoms with Crippen LogP contribution in [0.5, 0.6) is 0 Å². The lowest BCUT2D eigenvalue weighted by Gasteiger charge is -2.29. The van der Waals surface area contributed by atoms with Gasteiger partial charge in [-0.15, -0.1) is 24.0 Å². The Morgan fingerprint density at radius 3 is 2.26 bits per heavy atom.